The number of aromatic carboxylic acids is 1. The van der Waals surface area contributed by atoms with Crippen LogP contribution in [-0.4, -0.2) is 30.4 Å². The number of hydrogen-bond acceptors (Lipinski definition) is 4. The SMILES string of the molecule is Cc1c(C(=O)O)ccc2c1C(O)CCS2(=O)=O. The first-order valence-corrected chi connectivity index (χ1v) is 6.77. The van der Waals surface area contributed by atoms with E-state index in [9.17, 15) is 18.3 Å². The normalized spacial score (nSPS) is 21.9. The van der Waals surface area contributed by atoms with Gasteiger partial charge in [0.15, 0.2) is 9.84 Å². The van der Waals surface area contributed by atoms with Crippen LogP contribution in [0.2, 0.25) is 0 Å². The van der Waals surface area contributed by atoms with Crippen LogP contribution in [0.3, 0.4) is 0 Å². The first kappa shape index (κ1) is 12.1. The second-order valence-electron chi connectivity index (χ2n) is 4.08. The van der Waals surface area contributed by atoms with E-state index in [1.807, 2.05) is 0 Å². The minimum Gasteiger partial charge on any atom is -0.478 e. The fourth-order valence-electron chi connectivity index (χ4n) is 2.14. The van der Waals surface area contributed by atoms with E-state index in [2.05, 4.69) is 0 Å². The highest BCUT2D eigenvalue weighted by atomic mass is 32.2. The van der Waals surface area contributed by atoms with Crippen molar-refractivity contribution in [1.29, 1.82) is 0 Å². The molecule has 1 heterocycles. The number of rotatable bonds is 1. The van der Waals surface area contributed by atoms with E-state index in [0.717, 1.165) is 0 Å². The van der Waals surface area contributed by atoms with E-state index in [1.165, 1.54) is 19.1 Å². The average Bonchev–Trinajstić information content (AvgIpc) is 2.23. The molecule has 0 aliphatic carbocycles. The number of benzene rings is 1. The molecule has 0 fully saturated rings. The summed E-state index contributed by atoms with van der Waals surface area (Å²) >= 11 is 0. The first-order valence-electron chi connectivity index (χ1n) is 5.12. The molecule has 1 atom stereocenters. The van der Waals surface area contributed by atoms with Gasteiger partial charge in [0.1, 0.15) is 0 Å². The summed E-state index contributed by atoms with van der Waals surface area (Å²) in [7, 11) is -3.39. The van der Waals surface area contributed by atoms with Crippen LogP contribution in [0.25, 0.3) is 0 Å². The van der Waals surface area contributed by atoms with Crippen molar-refractivity contribution in [1.82, 2.24) is 0 Å². The summed E-state index contributed by atoms with van der Waals surface area (Å²) in [5.74, 6) is -1.23. The van der Waals surface area contributed by atoms with E-state index in [0.29, 0.717) is 5.56 Å². The number of carboxylic acid groups (broad SMARTS) is 1. The van der Waals surface area contributed by atoms with Crippen molar-refractivity contribution in [3.8, 4) is 0 Å². The lowest BCUT2D eigenvalue weighted by Crippen LogP contribution is -2.22. The van der Waals surface area contributed by atoms with Gasteiger partial charge in [-0.2, -0.15) is 0 Å². The molecule has 0 saturated carbocycles. The Morgan fingerprint density at radius 3 is 2.65 bits per heavy atom. The Morgan fingerprint density at radius 2 is 2.06 bits per heavy atom. The van der Waals surface area contributed by atoms with Gasteiger partial charge in [-0.3, -0.25) is 0 Å². The van der Waals surface area contributed by atoms with Crippen molar-refractivity contribution in [2.24, 2.45) is 0 Å². The Kier molecular flexibility index (Phi) is 2.71. The van der Waals surface area contributed by atoms with Crippen molar-refractivity contribution in [3.05, 3.63) is 28.8 Å². The predicted octanol–water partition coefficient (Wildman–Crippen LogP) is 0.904. The molecule has 6 heteroatoms. The summed E-state index contributed by atoms with van der Waals surface area (Å²) in [4.78, 5) is 11.0. The highest BCUT2D eigenvalue weighted by molar-refractivity contribution is 7.91. The van der Waals surface area contributed by atoms with Crippen LogP contribution in [0.4, 0.5) is 0 Å². The lowest BCUT2D eigenvalue weighted by Gasteiger charge is -2.24. The Hall–Kier alpha value is -1.40. The molecule has 0 bridgehead atoms. The second-order valence-corrected chi connectivity index (χ2v) is 6.16. The minimum absolute atomic E-state index is 0.0277. The van der Waals surface area contributed by atoms with Gasteiger partial charge in [-0.15, -0.1) is 0 Å². The third kappa shape index (κ3) is 1.83. The molecular weight excluding hydrogens is 244 g/mol. The molecule has 1 aromatic rings. The predicted molar refractivity (Wildman–Crippen MR) is 59.8 cm³/mol. The second kappa shape index (κ2) is 3.82. The molecule has 0 saturated heterocycles. The van der Waals surface area contributed by atoms with E-state index in [1.54, 1.807) is 0 Å². The number of aliphatic hydroxyl groups excluding tert-OH is 1. The summed E-state index contributed by atoms with van der Waals surface area (Å²) in [6.07, 6.45) is -0.799. The first-order chi connectivity index (χ1) is 7.84. The van der Waals surface area contributed by atoms with E-state index >= 15 is 0 Å². The fourth-order valence-corrected chi connectivity index (χ4v) is 3.79. The summed E-state index contributed by atoms with van der Waals surface area (Å²) < 4.78 is 23.6. The third-order valence-corrected chi connectivity index (χ3v) is 4.83. The van der Waals surface area contributed by atoms with E-state index in [4.69, 9.17) is 5.11 Å². The zero-order valence-corrected chi connectivity index (χ0v) is 9.99. The van der Waals surface area contributed by atoms with Gasteiger partial charge >= 0.3 is 5.97 Å². The van der Waals surface area contributed by atoms with Gasteiger partial charge < -0.3 is 10.2 Å². The van der Waals surface area contributed by atoms with Crippen LogP contribution in [0.5, 0.6) is 0 Å². The Balaban J connectivity index is 2.78. The molecule has 1 unspecified atom stereocenters. The minimum atomic E-state index is -3.39. The molecule has 1 aromatic carbocycles. The molecule has 17 heavy (non-hydrogen) atoms. The molecule has 2 rings (SSSR count). The van der Waals surface area contributed by atoms with Crippen molar-refractivity contribution in [2.75, 3.05) is 5.75 Å². The summed E-state index contributed by atoms with van der Waals surface area (Å²) in [5, 5.41) is 18.8. The van der Waals surface area contributed by atoms with Crippen LogP contribution in [0.15, 0.2) is 17.0 Å². The number of aliphatic hydroxyl groups is 1. The monoisotopic (exact) mass is 256 g/mol. The van der Waals surface area contributed by atoms with Crippen molar-refractivity contribution < 1.29 is 23.4 Å². The molecule has 92 valence electrons. The van der Waals surface area contributed by atoms with Crippen LogP contribution in [-0.2, 0) is 9.84 Å². The third-order valence-electron chi connectivity index (χ3n) is 3.03. The number of sulfone groups is 1. The molecule has 1 aliphatic rings. The zero-order valence-electron chi connectivity index (χ0n) is 9.17. The fraction of sp³-hybridized carbons (Fsp3) is 0.364. The molecule has 0 aromatic heterocycles. The van der Waals surface area contributed by atoms with Crippen LogP contribution >= 0.6 is 0 Å². The summed E-state index contributed by atoms with van der Waals surface area (Å²) in [6.45, 7) is 1.52. The molecule has 0 amide bonds. The average molecular weight is 256 g/mol. The van der Waals surface area contributed by atoms with Crippen molar-refractivity contribution in [2.45, 2.75) is 24.3 Å². The quantitative estimate of drug-likeness (QED) is 0.779. The smallest absolute Gasteiger partial charge is 0.335 e. The van der Waals surface area contributed by atoms with Gasteiger partial charge in [0.2, 0.25) is 0 Å². The van der Waals surface area contributed by atoms with Crippen LogP contribution in [0.1, 0.15) is 34.0 Å². The lowest BCUT2D eigenvalue weighted by atomic mass is 9.96. The maximum absolute atomic E-state index is 11.8. The Bertz CT molecular complexity index is 588. The van der Waals surface area contributed by atoms with Gasteiger partial charge in [0.05, 0.1) is 22.3 Å². The highest BCUT2D eigenvalue weighted by Crippen LogP contribution is 2.35. The van der Waals surface area contributed by atoms with Crippen LogP contribution < -0.4 is 0 Å². The molecule has 2 N–H and O–H groups in total. The summed E-state index contributed by atoms with van der Waals surface area (Å²) in [6, 6.07) is 2.54. The van der Waals surface area contributed by atoms with Gasteiger partial charge in [-0.1, -0.05) is 0 Å². The topological polar surface area (TPSA) is 91.7 Å². The van der Waals surface area contributed by atoms with Gasteiger partial charge in [-0.05, 0) is 31.0 Å². The zero-order chi connectivity index (χ0) is 12.8. The maximum atomic E-state index is 11.8. The van der Waals surface area contributed by atoms with Crippen LogP contribution in [0, 0.1) is 6.92 Å². The largest absolute Gasteiger partial charge is 0.478 e. The Labute approximate surface area is 98.6 Å². The van der Waals surface area contributed by atoms with E-state index < -0.39 is 21.9 Å². The summed E-state index contributed by atoms with van der Waals surface area (Å²) in [5.41, 5.74) is 0.585. The van der Waals surface area contributed by atoms with E-state index in [-0.39, 0.29) is 28.2 Å². The van der Waals surface area contributed by atoms with Gasteiger partial charge in [0.25, 0.3) is 0 Å². The lowest BCUT2D eigenvalue weighted by molar-refractivity contribution is 0.0695. The highest BCUT2D eigenvalue weighted by Gasteiger charge is 2.32. The Morgan fingerprint density at radius 1 is 1.41 bits per heavy atom. The molecular formula is C11H12O5S. The standard InChI is InChI=1S/C11H12O5S/c1-6-7(11(13)14)2-3-9-10(6)8(12)4-5-17(9,15)16/h2-3,8,12H,4-5H2,1H3,(H,13,14). The van der Waals surface area contributed by atoms with Gasteiger partial charge in [0, 0.05) is 5.56 Å². The number of carboxylic acids is 1. The molecule has 0 radical (unpaired) electrons. The number of carbonyl (C=O) groups is 1. The molecule has 5 nitrogen and oxygen atoms in total. The number of hydrogen-bond donors (Lipinski definition) is 2. The molecule has 0 spiro atoms. The molecule has 1 aliphatic heterocycles. The van der Waals surface area contributed by atoms with Crippen molar-refractivity contribution >= 4 is 15.8 Å². The van der Waals surface area contributed by atoms with Crippen molar-refractivity contribution in [3.63, 3.8) is 0 Å². The number of fused-ring (bicyclic) bond motifs is 1. The van der Waals surface area contributed by atoms with Gasteiger partial charge in [-0.25, -0.2) is 13.2 Å². The maximum Gasteiger partial charge on any atom is 0.335 e.